The van der Waals surface area contributed by atoms with Gasteiger partial charge in [-0.15, -0.1) is 0 Å². The van der Waals surface area contributed by atoms with Gasteiger partial charge in [0.25, 0.3) is 0 Å². The molecule has 9 N–H and O–H groups in total. The zero-order valence-electron chi connectivity index (χ0n) is 49.9. The summed E-state index contributed by atoms with van der Waals surface area (Å²) in [7, 11) is 0. The predicted molar refractivity (Wildman–Crippen MR) is 322 cm³/mol. The van der Waals surface area contributed by atoms with Crippen molar-refractivity contribution in [1.82, 2.24) is 57.2 Å². The van der Waals surface area contributed by atoms with Gasteiger partial charge in [-0.05, 0) is 217 Å². The second kappa shape index (κ2) is 35.0. The quantitative estimate of drug-likeness (QED) is 0.0570. The molecule has 12 nitrogen and oxygen atoms in total. The highest BCUT2D eigenvalue weighted by Crippen LogP contribution is 2.24. The van der Waals surface area contributed by atoms with Crippen molar-refractivity contribution in [3.63, 3.8) is 0 Å². The van der Waals surface area contributed by atoms with Crippen LogP contribution in [0.4, 0.5) is 0 Å². The SMILES string of the molecule is CC(C)(C)NC1CCC(NCc2cccnc2)CC1.CC(C)(C)NC1CCC(NCc2cccnc2)CC1.CC(C)(C)NC1CCC(NCc2cccnc2)CC1.CC(C)C.NC1CCC(NCc2cccnc2)CC1. The zero-order chi connectivity index (χ0) is 55.2. The molecule has 76 heavy (non-hydrogen) atoms. The van der Waals surface area contributed by atoms with Gasteiger partial charge in [0.1, 0.15) is 0 Å². The molecule has 4 aliphatic carbocycles. The van der Waals surface area contributed by atoms with Crippen molar-refractivity contribution in [2.75, 3.05) is 0 Å². The largest absolute Gasteiger partial charge is 0.328 e. The molecule has 0 bridgehead atoms. The van der Waals surface area contributed by atoms with Crippen molar-refractivity contribution >= 4 is 0 Å². The minimum atomic E-state index is 0.237. The van der Waals surface area contributed by atoms with E-state index in [9.17, 15) is 0 Å². The maximum absolute atomic E-state index is 5.87. The monoisotopic (exact) mass is 1050 g/mol. The highest BCUT2D eigenvalue weighted by atomic mass is 15.0. The van der Waals surface area contributed by atoms with E-state index in [0.29, 0.717) is 48.3 Å². The highest BCUT2D eigenvalue weighted by molar-refractivity contribution is 5.11. The average molecular weight is 1050 g/mol. The first-order valence-corrected chi connectivity index (χ1v) is 29.7. The fourth-order valence-corrected chi connectivity index (χ4v) is 10.5. The molecule has 0 unspecified atom stereocenters. The molecule has 4 aromatic heterocycles. The lowest BCUT2D eigenvalue weighted by Crippen LogP contribution is -2.47. The van der Waals surface area contributed by atoms with Crippen LogP contribution >= 0.6 is 0 Å². The third kappa shape index (κ3) is 31.6. The van der Waals surface area contributed by atoms with E-state index in [1.165, 1.54) is 112 Å². The van der Waals surface area contributed by atoms with Gasteiger partial charge in [-0.2, -0.15) is 0 Å². The van der Waals surface area contributed by atoms with Crippen molar-refractivity contribution in [2.45, 2.75) is 277 Å². The van der Waals surface area contributed by atoms with Gasteiger partial charge in [0.15, 0.2) is 0 Å². The van der Waals surface area contributed by atoms with Gasteiger partial charge in [-0.1, -0.05) is 45.0 Å². The summed E-state index contributed by atoms with van der Waals surface area (Å²) in [5.41, 5.74) is 11.7. The van der Waals surface area contributed by atoms with E-state index in [4.69, 9.17) is 5.73 Å². The van der Waals surface area contributed by atoms with Crippen LogP contribution in [0.15, 0.2) is 98.1 Å². The predicted octanol–water partition coefficient (Wildman–Crippen LogP) is 11.7. The summed E-state index contributed by atoms with van der Waals surface area (Å²) in [5.74, 6) is 0.833. The van der Waals surface area contributed by atoms with Gasteiger partial charge < -0.3 is 43.0 Å². The third-order valence-corrected chi connectivity index (χ3v) is 14.1. The normalized spacial score (nSPS) is 24.0. The van der Waals surface area contributed by atoms with E-state index in [1.54, 1.807) is 0 Å². The minimum Gasteiger partial charge on any atom is -0.328 e. The standard InChI is InChI=1S/3C16H27N3.C12H19N3.C4H10/c3*1-16(2,3)19-15-8-6-14(7-9-15)18-12-13-5-4-10-17-11-13;13-11-3-5-12(6-4-11)15-9-10-2-1-7-14-8-10;1-4(2)3/h3*4-5,10-11,14-15,18-19H,6-9,12H2,1-3H3;1-2,7-8,11-12,15H,3-6,9,13H2;4H,1-3H3. The van der Waals surface area contributed by atoms with Crippen molar-refractivity contribution in [2.24, 2.45) is 11.7 Å². The molecule has 0 spiro atoms. The van der Waals surface area contributed by atoms with E-state index < -0.39 is 0 Å². The van der Waals surface area contributed by atoms with Gasteiger partial charge in [0.2, 0.25) is 0 Å². The van der Waals surface area contributed by atoms with Crippen LogP contribution in [-0.4, -0.2) is 84.9 Å². The molecular formula is C64H110N12. The van der Waals surface area contributed by atoms with Crippen molar-refractivity contribution < 1.29 is 0 Å². The number of nitrogens with zero attached hydrogens (tertiary/aromatic N) is 4. The second-order valence-corrected chi connectivity index (χ2v) is 26.1. The Morgan fingerprint density at radius 3 is 0.750 bits per heavy atom. The zero-order valence-corrected chi connectivity index (χ0v) is 49.9. The Kier molecular flexibility index (Phi) is 29.9. The number of hydrogen-bond acceptors (Lipinski definition) is 12. The summed E-state index contributed by atoms with van der Waals surface area (Å²) in [6.07, 6.45) is 35.1. The summed E-state index contributed by atoms with van der Waals surface area (Å²) in [6, 6.07) is 21.6. The molecule has 4 heterocycles. The Balaban J connectivity index is 0.000000214. The second-order valence-electron chi connectivity index (χ2n) is 26.1. The average Bonchev–Trinajstić information content (AvgIpc) is 3.38. The summed E-state index contributed by atoms with van der Waals surface area (Å²) in [6.45, 7) is 30.5. The third-order valence-electron chi connectivity index (χ3n) is 14.1. The number of nitrogens with one attached hydrogen (secondary N) is 7. The molecule has 4 saturated carbocycles. The van der Waals surface area contributed by atoms with Crippen LogP contribution in [0.5, 0.6) is 0 Å². The fraction of sp³-hybridized carbons (Fsp3) is 0.688. The molecule has 0 amide bonds. The molecule has 8 rings (SSSR count). The summed E-state index contributed by atoms with van der Waals surface area (Å²) >= 11 is 0. The highest BCUT2D eigenvalue weighted by Gasteiger charge is 2.26. The smallest absolute Gasteiger partial charge is 0.0312 e. The fourth-order valence-electron chi connectivity index (χ4n) is 10.5. The molecule has 0 saturated heterocycles. The van der Waals surface area contributed by atoms with Crippen LogP contribution in [-0.2, 0) is 26.2 Å². The Morgan fingerprint density at radius 2 is 0.566 bits per heavy atom. The summed E-state index contributed by atoms with van der Waals surface area (Å²) in [5, 5.41) is 25.7. The van der Waals surface area contributed by atoms with Gasteiger partial charge in [0, 0.05) is 141 Å². The topological polar surface area (TPSA) is 162 Å². The molecule has 12 heteroatoms. The van der Waals surface area contributed by atoms with Gasteiger partial charge in [0.05, 0.1) is 0 Å². The van der Waals surface area contributed by atoms with Gasteiger partial charge in [-0.25, -0.2) is 0 Å². The molecule has 0 atom stereocenters. The van der Waals surface area contributed by atoms with E-state index in [0.717, 1.165) is 44.9 Å². The van der Waals surface area contributed by atoms with Crippen LogP contribution in [0.1, 0.15) is 208 Å². The molecule has 0 aliphatic heterocycles. The van der Waals surface area contributed by atoms with Crippen LogP contribution in [0, 0.1) is 5.92 Å². The first-order valence-electron chi connectivity index (χ1n) is 29.7. The Morgan fingerprint density at radius 1 is 0.368 bits per heavy atom. The molecule has 0 aromatic carbocycles. The maximum Gasteiger partial charge on any atom is 0.0312 e. The maximum atomic E-state index is 5.87. The molecule has 0 radical (unpaired) electrons. The molecule has 4 aliphatic rings. The number of hydrogen-bond donors (Lipinski definition) is 8. The Hall–Kier alpha value is -3.72. The lowest BCUT2D eigenvalue weighted by molar-refractivity contribution is 0.261. The molecule has 426 valence electrons. The number of pyridine rings is 4. The van der Waals surface area contributed by atoms with E-state index in [1.807, 2.05) is 73.8 Å². The Bertz CT molecular complexity index is 1810. The van der Waals surface area contributed by atoms with Crippen molar-refractivity contribution in [1.29, 1.82) is 0 Å². The first kappa shape index (κ1) is 64.8. The number of rotatable bonds is 15. The van der Waals surface area contributed by atoms with E-state index in [2.05, 4.69) is 165 Å². The number of nitrogens with two attached hydrogens (primary N) is 1. The molecule has 4 fully saturated rings. The van der Waals surface area contributed by atoms with Crippen molar-refractivity contribution in [3.05, 3.63) is 120 Å². The minimum absolute atomic E-state index is 0.237. The first-order chi connectivity index (χ1) is 36.2. The Labute approximate surface area is 464 Å². The van der Waals surface area contributed by atoms with E-state index >= 15 is 0 Å². The number of aromatic nitrogens is 4. The lowest BCUT2D eigenvalue weighted by Gasteiger charge is -2.34. The summed E-state index contributed by atoms with van der Waals surface area (Å²) < 4.78 is 0. The van der Waals surface area contributed by atoms with Crippen LogP contribution in [0.3, 0.4) is 0 Å². The van der Waals surface area contributed by atoms with Gasteiger partial charge in [-0.3, -0.25) is 19.9 Å². The lowest BCUT2D eigenvalue weighted by atomic mass is 9.89. The van der Waals surface area contributed by atoms with Crippen LogP contribution in [0.2, 0.25) is 0 Å². The van der Waals surface area contributed by atoms with Crippen molar-refractivity contribution in [3.8, 4) is 0 Å². The molecular weight excluding hydrogens is 937 g/mol. The molecule has 4 aromatic rings. The summed E-state index contributed by atoms with van der Waals surface area (Å²) in [4.78, 5) is 16.6. The van der Waals surface area contributed by atoms with Crippen LogP contribution in [0.25, 0.3) is 0 Å². The van der Waals surface area contributed by atoms with Crippen LogP contribution < -0.4 is 43.0 Å². The van der Waals surface area contributed by atoms with Gasteiger partial charge >= 0.3 is 0 Å². The van der Waals surface area contributed by atoms with E-state index in [-0.39, 0.29) is 16.6 Å².